The van der Waals surface area contributed by atoms with Crippen molar-refractivity contribution in [3.63, 3.8) is 0 Å². The molecule has 11 unspecified atom stereocenters. The molecular formula is C28H48O2. The van der Waals surface area contributed by atoms with Gasteiger partial charge in [-0.1, -0.05) is 34.6 Å². The third-order valence-electron chi connectivity index (χ3n) is 12.5. The monoisotopic (exact) mass is 416 g/mol. The molecule has 0 aromatic rings. The minimum atomic E-state index is -0.0751. The summed E-state index contributed by atoms with van der Waals surface area (Å²) in [6.07, 6.45) is 12.9. The van der Waals surface area contributed by atoms with Crippen molar-refractivity contribution in [3.05, 3.63) is 0 Å². The van der Waals surface area contributed by atoms with E-state index in [-0.39, 0.29) is 11.5 Å². The highest BCUT2D eigenvalue weighted by atomic mass is 16.3. The lowest BCUT2D eigenvalue weighted by atomic mass is 9.37. The molecule has 5 saturated carbocycles. The average Bonchev–Trinajstić information content (AvgIpc) is 3.12. The molecule has 5 rings (SSSR count). The lowest BCUT2D eigenvalue weighted by Crippen LogP contribution is -2.61. The lowest BCUT2D eigenvalue weighted by molar-refractivity contribution is -0.201. The Labute approximate surface area is 185 Å². The van der Waals surface area contributed by atoms with Gasteiger partial charge in [0.2, 0.25) is 0 Å². The number of hydrogen-bond donors (Lipinski definition) is 2. The van der Waals surface area contributed by atoms with E-state index in [1.807, 2.05) is 0 Å². The van der Waals surface area contributed by atoms with Gasteiger partial charge in [-0.2, -0.15) is 0 Å². The maximum absolute atomic E-state index is 10.6. The molecule has 2 N–H and O–H groups in total. The third-order valence-corrected chi connectivity index (χ3v) is 12.5. The van der Waals surface area contributed by atoms with Crippen LogP contribution >= 0.6 is 0 Å². The van der Waals surface area contributed by atoms with E-state index in [0.29, 0.717) is 29.3 Å². The van der Waals surface area contributed by atoms with Crippen LogP contribution in [0.4, 0.5) is 0 Å². The van der Waals surface area contributed by atoms with Crippen LogP contribution in [-0.4, -0.2) is 22.9 Å². The minimum absolute atomic E-state index is 0.0751. The Hall–Kier alpha value is -0.0800. The van der Waals surface area contributed by atoms with E-state index in [4.69, 9.17) is 0 Å². The Morgan fingerprint density at radius 3 is 2.17 bits per heavy atom. The van der Waals surface area contributed by atoms with Crippen LogP contribution in [-0.2, 0) is 0 Å². The molecule has 5 aliphatic rings. The zero-order chi connectivity index (χ0) is 21.5. The Balaban J connectivity index is 1.48. The van der Waals surface area contributed by atoms with Crippen molar-refractivity contribution in [3.8, 4) is 0 Å². The predicted octanol–water partition coefficient (Wildman–Crippen LogP) is 6.30. The first-order chi connectivity index (χ1) is 14.2. The number of aliphatic hydroxyl groups is 2. The van der Waals surface area contributed by atoms with Gasteiger partial charge in [-0.15, -0.1) is 0 Å². The van der Waals surface area contributed by atoms with Crippen LogP contribution < -0.4 is 0 Å². The second-order valence-corrected chi connectivity index (χ2v) is 13.6. The second-order valence-electron chi connectivity index (χ2n) is 13.6. The average molecular weight is 417 g/mol. The van der Waals surface area contributed by atoms with Gasteiger partial charge in [0.15, 0.2) is 0 Å². The number of aliphatic hydroxyl groups excluding tert-OH is 2. The zero-order valence-electron chi connectivity index (χ0n) is 20.4. The topological polar surface area (TPSA) is 40.5 Å². The molecule has 11 atom stereocenters. The SMILES string of the molecule is CC(C)C1CCC2(CO)CCC3C(CCC4C5(C)CCC(O)C(C)C5CCC34C)C12. The van der Waals surface area contributed by atoms with Crippen molar-refractivity contribution in [2.24, 2.45) is 63.6 Å². The fourth-order valence-corrected chi connectivity index (χ4v) is 11.1. The van der Waals surface area contributed by atoms with Gasteiger partial charge in [0.25, 0.3) is 0 Å². The van der Waals surface area contributed by atoms with Gasteiger partial charge in [0, 0.05) is 6.61 Å². The van der Waals surface area contributed by atoms with E-state index in [2.05, 4.69) is 34.6 Å². The van der Waals surface area contributed by atoms with E-state index in [0.717, 1.165) is 41.9 Å². The molecule has 172 valence electrons. The summed E-state index contributed by atoms with van der Waals surface area (Å²) in [5.41, 5.74) is 1.14. The molecular weight excluding hydrogens is 368 g/mol. The van der Waals surface area contributed by atoms with Crippen LogP contribution in [0.1, 0.15) is 98.8 Å². The standard InChI is InChI=1S/C28H48O2/c1-17(2)19-8-14-28(16-29)15-10-22-20(25(19)28)6-7-24-26(4)13-11-23(30)18(3)21(26)9-12-27(22,24)5/h17-25,29-30H,6-16H2,1-5H3. The first-order valence-corrected chi connectivity index (χ1v) is 13.5. The third kappa shape index (κ3) is 2.74. The van der Waals surface area contributed by atoms with Crippen LogP contribution in [0.5, 0.6) is 0 Å². The molecule has 0 aromatic heterocycles. The number of rotatable bonds is 2. The van der Waals surface area contributed by atoms with Gasteiger partial charge >= 0.3 is 0 Å². The van der Waals surface area contributed by atoms with Crippen LogP contribution in [0.3, 0.4) is 0 Å². The summed E-state index contributed by atoms with van der Waals surface area (Å²) in [6.45, 7) is 13.0. The van der Waals surface area contributed by atoms with Crippen molar-refractivity contribution >= 4 is 0 Å². The molecule has 0 bridgehead atoms. The van der Waals surface area contributed by atoms with E-state index in [9.17, 15) is 10.2 Å². The molecule has 0 heterocycles. The summed E-state index contributed by atoms with van der Waals surface area (Å²) in [6, 6.07) is 0. The molecule has 0 aromatic carbocycles. The summed E-state index contributed by atoms with van der Waals surface area (Å²) >= 11 is 0. The molecule has 2 heteroatoms. The van der Waals surface area contributed by atoms with Gasteiger partial charge in [-0.3, -0.25) is 0 Å². The second kappa shape index (κ2) is 7.21. The maximum atomic E-state index is 10.6. The predicted molar refractivity (Wildman–Crippen MR) is 123 cm³/mol. The summed E-state index contributed by atoms with van der Waals surface area (Å²) in [7, 11) is 0. The molecule has 5 aliphatic carbocycles. The summed E-state index contributed by atoms with van der Waals surface area (Å²) in [4.78, 5) is 0. The highest BCUT2D eigenvalue weighted by molar-refractivity contribution is 5.14. The Morgan fingerprint density at radius 2 is 1.47 bits per heavy atom. The Bertz CT molecular complexity index is 659. The molecule has 0 aliphatic heterocycles. The van der Waals surface area contributed by atoms with Gasteiger partial charge < -0.3 is 10.2 Å². The van der Waals surface area contributed by atoms with E-state index >= 15 is 0 Å². The van der Waals surface area contributed by atoms with Crippen molar-refractivity contribution < 1.29 is 10.2 Å². The van der Waals surface area contributed by atoms with Gasteiger partial charge in [0.1, 0.15) is 0 Å². The molecule has 30 heavy (non-hydrogen) atoms. The smallest absolute Gasteiger partial charge is 0.0568 e. The Morgan fingerprint density at radius 1 is 0.833 bits per heavy atom. The van der Waals surface area contributed by atoms with Crippen molar-refractivity contribution in [1.82, 2.24) is 0 Å². The lowest BCUT2D eigenvalue weighted by Gasteiger charge is -2.68. The van der Waals surface area contributed by atoms with E-state index in [1.165, 1.54) is 57.8 Å². The normalized spacial score (nSPS) is 58.0. The summed E-state index contributed by atoms with van der Waals surface area (Å²) < 4.78 is 0. The molecule has 5 fully saturated rings. The quantitative estimate of drug-likeness (QED) is 0.555. The van der Waals surface area contributed by atoms with Crippen LogP contribution in [0.15, 0.2) is 0 Å². The van der Waals surface area contributed by atoms with E-state index < -0.39 is 0 Å². The fourth-order valence-electron chi connectivity index (χ4n) is 11.1. The van der Waals surface area contributed by atoms with Gasteiger partial charge in [0.05, 0.1) is 6.10 Å². The van der Waals surface area contributed by atoms with E-state index in [1.54, 1.807) is 0 Å². The van der Waals surface area contributed by atoms with Gasteiger partial charge in [-0.05, 0) is 128 Å². The van der Waals surface area contributed by atoms with Crippen molar-refractivity contribution in [1.29, 1.82) is 0 Å². The van der Waals surface area contributed by atoms with Gasteiger partial charge in [-0.25, -0.2) is 0 Å². The van der Waals surface area contributed by atoms with Crippen LogP contribution in [0.2, 0.25) is 0 Å². The van der Waals surface area contributed by atoms with Crippen LogP contribution in [0.25, 0.3) is 0 Å². The fraction of sp³-hybridized carbons (Fsp3) is 1.00. The molecule has 0 saturated heterocycles. The largest absolute Gasteiger partial charge is 0.396 e. The minimum Gasteiger partial charge on any atom is -0.396 e. The van der Waals surface area contributed by atoms with Crippen molar-refractivity contribution in [2.75, 3.05) is 6.61 Å². The maximum Gasteiger partial charge on any atom is 0.0568 e. The molecule has 0 radical (unpaired) electrons. The first-order valence-electron chi connectivity index (χ1n) is 13.5. The Kier molecular flexibility index (Phi) is 5.23. The number of hydrogen-bond acceptors (Lipinski definition) is 2. The number of fused-ring (bicyclic) bond motifs is 7. The summed E-state index contributed by atoms with van der Waals surface area (Å²) in [5, 5.41) is 21.2. The van der Waals surface area contributed by atoms with Crippen molar-refractivity contribution in [2.45, 2.75) is 105 Å². The highest BCUT2D eigenvalue weighted by Crippen LogP contribution is 2.72. The highest BCUT2D eigenvalue weighted by Gasteiger charge is 2.65. The van der Waals surface area contributed by atoms with Crippen LogP contribution in [0, 0.1) is 63.6 Å². The molecule has 2 nitrogen and oxygen atoms in total. The zero-order valence-corrected chi connectivity index (χ0v) is 20.4. The first kappa shape index (κ1) is 21.7. The summed E-state index contributed by atoms with van der Waals surface area (Å²) in [5.74, 6) is 6.06. The molecule has 0 amide bonds. The molecule has 0 spiro atoms.